The quantitative estimate of drug-likeness (QED) is 0.106. The number of ether oxygens (including phenoxy) is 3. The van der Waals surface area contributed by atoms with Gasteiger partial charge in [0.25, 0.3) is 0 Å². The third kappa shape index (κ3) is 8.32. The number of aliphatic hydroxyl groups excluding tert-OH is 2. The van der Waals surface area contributed by atoms with Crippen molar-refractivity contribution in [3.05, 3.63) is 34.4 Å². The molecule has 0 aromatic rings. The minimum atomic E-state index is -5.09. The molecule has 5 heterocycles. The van der Waals surface area contributed by atoms with Crippen molar-refractivity contribution in [2.45, 2.75) is 213 Å². The number of aliphatic hydroxyl groups is 4. The van der Waals surface area contributed by atoms with Crippen molar-refractivity contribution in [1.82, 2.24) is 0 Å². The van der Waals surface area contributed by atoms with E-state index in [0.29, 0.717) is 36.5 Å². The van der Waals surface area contributed by atoms with Crippen molar-refractivity contribution in [2.75, 3.05) is 13.2 Å². The molecule has 5 aliphatic heterocycles. The first-order valence-electron chi connectivity index (χ1n) is 28.5. The van der Waals surface area contributed by atoms with Gasteiger partial charge in [0.05, 0.1) is 37.6 Å². The fraction of sp³-hybridized carbons (Fsp3) is 0.895. The average Bonchev–Trinajstić information content (AvgIpc) is 3.94. The van der Waals surface area contributed by atoms with Crippen molar-refractivity contribution in [2.24, 2.45) is 91.2 Å². The van der Waals surface area contributed by atoms with Crippen LogP contribution in [0.15, 0.2) is 34.4 Å². The summed E-state index contributed by atoms with van der Waals surface area (Å²) in [6.45, 7) is 19.5. The number of fused-ring (bicyclic) bond motifs is 10. The summed E-state index contributed by atoms with van der Waals surface area (Å²) in [4.78, 5) is 0. The van der Waals surface area contributed by atoms with E-state index in [-0.39, 0.29) is 131 Å². The van der Waals surface area contributed by atoms with E-state index in [4.69, 9.17) is 22.6 Å². The minimum absolute atomic E-state index is 0. The van der Waals surface area contributed by atoms with E-state index < -0.39 is 90.3 Å². The molecule has 0 amide bonds. The van der Waals surface area contributed by atoms with Crippen molar-refractivity contribution >= 4 is 20.8 Å². The van der Waals surface area contributed by atoms with Crippen molar-refractivity contribution in [3.63, 3.8) is 0 Å². The Hall–Kier alpha value is 0.680. The molecule has 19 heteroatoms. The minimum Gasteiger partial charge on any atom is -0.726 e. The molecule has 76 heavy (non-hydrogen) atoms. The van der Waals surface area contributed by atoms with Gasteiger partial charge in [-0.2, -0.15) is 0 Å². The SMILES string of the molecule is C[C@@H]([C@H]1CC[C@H]2C3=C(CC[C@]12C)[C@@]12CO[C@](O)([C@@H](O)C1)C(C)(C)C2[C@@H](OS(=O)(=O)[O-])C3)[C@H]1C[C@H]2C=C[C@](C)(C2)[C@H](CC[C@@H](C)[C@H]2CC[C@H]3C4=C(CC[C@]23C)[C@@]23CO[C@](O)([C@@H](O)C2)C(C)(C)C3[C@@H](OS(=O)(=O)[O-])C4)O1.[Na+].[Na+]. The Kier molecular flexibility index (Phi) is 15.0. The Labute approximate surface area is 496 Å². The van der Waals surface area contributed by atoms with Crippen LogP contribution in [0.1, 0.15) is 165 Å². The van der Waals surface area contributed by atoms with Crippen molar-refractivity contribution < 1.29 is 128 Å². The Balaban J connectivity index is 0.00000328. The van der Waals surface area contributed by atoms with Crippen LogP contribution >= 0.6 is 0 Å². The summed E-state index contributed by atoms with van der Waals surface area (Å²) < 4.78 is 105. The number of allylic oxidation sites excluding steroid dienone is 1. The Morgan fingerprint density at radius 2 is 1.16 bits per heavy atom. The van der Waals surface area contributed by atoms with Gasteiger partial charge in [0, 0.05) is 38.9 Å². The standard InChI is InChI=1S/C57H86O15S2.2Na/c1-30(35-11-13-37-33-23-42(71-73(62,63)64)47-49(3,4)56(60)44(58)26-54(47,28-68-56)39(33)17-20-52(35,37)8)10-15-46-51(7)19-16-32(25-51)22-41(70-46)31(2)36-12-14-38-34-24-43(72-74(65,66)67)48-50(5,6)57(61)45(59)27-55(48,29-69-57)40(34)18-21-53(36,38)9;;/h16,19,30-32,35-38,41-48,58-61H,10-15,17-18,20-29H2,1-9H3,(H,62,63,64)(H,65,66,67);;/q;2*+1/p-2/t30-,31+,32-,35-,36-,37+,38+,41-,42+,43+,44+,45+,46+,47?,48?,51-,52-,53-,54+,55+,56-,57-;;/m1../s1. The average molecular weight is 1120 g/mol. The Morgan fingerprint density at radius 3 is 1.62 bits per heavy atom. The van der Waals surface area contributed by atoms with Gasteiger partial charge in [0.1, 0.15) is 12.2 Å². The second-order valence-electron chi connectivity index (χ2n) is 28.7. The van der Waals surface area contributed by atoms with Crippen LogP contribution in [0.3, 0.4) is 0 Å². The first-order valence-corrected chi connectivity index (χ1v) is 31.1. The fourth-order valence-corrected chi connectivity index (χ4v) is 23.0. The zero-order valence-electron chi connectivity index (χ0n) is 47.1. The summed E-state index contributed by atoms with van der Waals surface area (Å²) in [7, 11) is -10.2. The molecule has 5 saturated heterocycles. The van der Waals surface area contributed by atoms with Gasteiger partial charge in [0.2, 0.25) is 20.8 Å². The van der Waals surface area contributed by atoms with E-state index >= 15 is 0 Å². The molecular formula is C57H84Na2O15S2. The van der Waals surface area contributed by atoms with E-state index in [0.717, 1.165) is 77.0 Å². The van der Waals surface area contributed by atoms with E-state index in [9.17, 15) is 46.4 Å². The Bertz CT molecular complexity index is 2680. The molecule has 22 atom stereocenters. The van der Waals surface area contributed by atoms with Gasteiger partial charge in [-0.15, -0.1) is 0 Å². The zero-order chi connectivity index (χ0) is 53.1. The number of rotatable bonds is 10. The number of hydrogen-bond acceptors (Lipinski definition) is 15. The van der Waals surface area contributed by atoms with Crippen LogP contribution in [-0.2, 0) is 43.4 Å². The second kappa shape index (κ2) is 19.1. The summed E-state index contributed by atoms with van der Waals surface area (Å²) in [6, 6.07) is 0. The monoisotopic (exact) mass is 1120 g/mol. The third-order valence-electron chi connectivity index (χ3n) is 25.1. The molecule has 9 aliphatic carbocycles. The summed E-state index contributed by atoms with van der Waals surface area (Å²) in [6.07, 6.45) is 13.0. The smallest absolute Gasteiger partial charge is 0.726 e. The van der Waals surface area contributed by atoms with E-state index in [1.54, 1.807) is 27.7 Å². The molecule has 4 N–H and O–H groups in total. The second-order valence-corrected chi connectivity index (χ2v) is 30.8. The van der Waals surface area contributed by atoms with Gasteiger partial charge >= 0.3 is 59.1 Å². The maximum atomic E-state index is 12.4. The first-order chi connectivity index (χ1) is 34.3. The van der Waals surface area contributed by atoms with E-state index in [1.807, 2.05) is 0 Å². The van der Waals surface area contributed by atoms with Gasteiger partial charge in [-0.1, -0.05) is 96.8 Å². The summed E-state index contributed by atoms with van der Waals surface area (Å²) >= 11 is 0. The van der Waals surface area contributed by atoms with Crippen LogP contribution in [0.5, 0.6) is 0 Å². The Morgan fingerprint density at radius 1 is 0.697 bits per heavy atom. The fourth-order valence-electron chi connectivity index (χ4n) is 22.0. The summed E-state index contributed by atoms with van der Waals surface area (Å²) in [5, 5.41) is 46.4. The molecule has 9 fully saturated rings. The largest absolute Gasteiger partial charge is 1.00 e. The predicted molar refractivity (Wildman–Crippen MR) is 268 cm³/mol. The van der Waals surface area contributed by atoms with Crippen LogP contribution in [0, 0.1) is 91.2 Å². The summed E-state index contributed by atoms with van der Waals surface area (Å²) in [5.41, 5.74) is 0.819. The van der Waals surface area contributed by atoms with Crippen LogP contribution in [0.4, 0.5) is 0 Å². The number of hydrogen-bond donors (Lipinski definition) is 4. The third-order valence-corrected chi connectivity index (χ3v) is 26.1. The molecule has 0 radical (unpaired) electrons. The van der Waals surface area contributed by atoms with Gasteiger partial charge in [-0.25, -0.2) is 16.8 Å². The van der Waals surface area contributed by atoms with Crippen LogP contribution in [-0.4, -0.2) is 108 Å². The zero-order valence-corrected chi connectivity index (χ0v) is 52.8. The molecule has 4 saturated carbocycles. The molecule has 2 unspecified atom stereocenters. The molecule has 14 rings (SSSR count). The van der Waals surface area contributed by atoms with Gasteiger partial charge in [-0.05, 0) is 155 Å². The molecule has 0 aromatic heterocycles. The first kappa shape index (κ1) is 59.8. The maximum Gasteiger partial charge on any atom is 1.00 e. The molecular weight excluding hydrogens is 1030 g/mol. The molecule has 416 valence electrons. The van der Waals surface area contributed by atoms with E-state index in [2.05, 4.69) is 46.8 Å². The molecule has 14 aliphatic rings. The predicted octanol–water partition coefficient (Wildman–Crippen LogP) is 1.76. The van der Waals surface area contributed by atoms with Crippen molar-refractivity contribution in [1.29, 1.82) is 0 Å². The molecule has 0 aromatic carbocycles. The van der Waals surface area contributed by atoms with Gasteiger partial charge < -0.3 is 43.7 Å². The molecule has 6 bridgehead atoms. The van der Waals surface area contributed by atoms with Crippen LogP contribution in [0.2, 0.25) is 0 Å². The maximum absolute atomic E-state index is 12.4. The van der Waals surface area contributed by atoms with Gasteiger partial charge in [0.15, 0.2) is 11.6 Å². The van der Waals surface area contributed by atoms with Crippen molar-refractivity contribution in [3.8, 4) is 0 Å². The normalized spacial score (nSPS) is 51.0. The molecule has 2 spiro atoms. The summed E-state index contributed by atoms with van der Waals surface area (Å²) in [5.74, 6) is -2.76. The topological polar surface area (TPSA) is 241 Å². The van der Waals surface area contributed by atoms with E-state index in [1.165, 1.54) is 22.3 Å². The van der Waals surface area contributed by atoms with Crippen LogP contribution in [0.25, 0.3) is 0 Å². The molecule has 15 nitrogen and oxygen atoms in total. The van der Waals surface area contributed by atoms with Gasteiger partial charge in [-0.3, -0.25) is 8.37 Å². The van der Waals surface area contributed by atoms with Crippen LogP contribution < -0.4 is 59.1 Å².